The summed E-state index contributed by atoms with van der Waals surface area (Å²) in [6.07, 6.45) is 0.375. The smallest absolute Gasteiger partial charge is 0.234 e. The maximum absolute atomic E-state index is 11.9. The SMILES string of the molecule is CCC(=O)N(C(=O)C(C)(C)C)C(C)C. The lowest BCUT2D eigenvalue weighted by molar-refractivity contribution is -0.152. The predicted octanol–water partition coefficient (Wildman–Crippen LogP) is 2.21. The Balaban J connectivity index is 4.86. The van der Waals surface area contributed by atoms with Gasteiger partial charge in [-0.3, -0.25) is 14.5 Å². The third-order valence-electron chi connectivity index (χ3n) is 1.95. The lowest BCUT2D eigenvalue weighted by atomic mass is 9.94. The monoisotopic (exact) mass is 199 g/mol. The molecule has 0 unspecified atom stereocenters. The molecule has 0 aliphatic heterocycles. The van der Waals surface area contributed by atoms with Crippen molar-refractivity contribution < 1.29 is 9.59 Å². The van der Waals surface area contributed by atoms with Crippen molar-refractivity contribution in [2.45, 2.75) is 54.0 Å². The van der Waals surface area contributed by atoms with E-state index in [1.807, 2.05) is 34.6 Å². The van der Waals surface area contributed by atoms with Crippen LogP contribution in [-0.4, -0.2) is 22.8 Å². The highest BCUT2D eigenvalue weighted by molar-refractivity contribution is 5.97. The van der Waals surface area contributed by atoms with Crippen molar-refractivity contribution >= 4 is 11.8 Å². The Morgan fingerprint density at radius 1 is 1.21 bits per heavy atom. The summed E-state index contributed by atoms with van der Waals surface area (Å²) in [6, 6.07) is -0.0609. The molecule has 0 heterocycles. The van der Waals surface area contributed by atoms with E-state index < -0.39 is 5.41 Å². The number of carbonyl (C=O) groups excluding carboxylic acids is 2. The fourth-order valence-corrected chi connectivity index (χ4v) is 1.17. The summed E-state index contributed by atoms with van der Waals surface area (Å²) in [5.74, 6) is -0.195. The number of nitrogens with zero attached hydrogens (tertiary/aromatic N) is 1. The van der Waals surface area contributed by atoms with Gasteiger partial charge < -0.3 is 0 Å². The quantitative estimate of drug-likeness (QED) is 0.683. The molecule has 0 radical (unpaired) electrons. The summed E-state index contributed by atoms with van der Waals surface area (Å²) >= 11 is 0. The van der Waals surface area contributed by atoms with Crippen LogP contribution >= 0.6 is 0 Å². The molecule has 0 atom stereocenters. The van der Waals surface area contributed by atoms with Gasteiger partial charge in [-0.1, -0.05) is 27.7 Å². The van der Waals surface area contributed by atoms with E-state index in [-0.39, 0.29) is 17.9 Å². The van der Waals surface area contributed by atoms with Crippen molar-refractivity contribution in [3.8, 4) is 0 Å². The van der Waals surface area contributed by atoms with Crippen molar-refractivity contribution in [3.63, 3.8) is 0 Å². The molecule has 0 rings (SSSR count). The minimum atomic E-state index is -0.491. The summed E-state index contributed by atoms with van der Waals surface area (Å²) in [4.78, 5) is 24.8. The summed E-state index contributed by atoms with van der Waals surface area (Å²) in [7, 11) is 0. The number of hydrogen-bond donors (Lipinski definition) is 0. The Bertz CT molecular complexity index is 226. The second-order valence-corrected chi connectivity index (χ2v) is 4.77. The first-order valence-electron chi connectivity index (χ1n) is 5.08. The van der Waals surface area contributed by atoms with Gasteiger partial charge in [0.15, 0.2) is 0 Å². The highest BCUT2D eigenvalue weighted by Crippen LogP contribution is 2.19. The lowest BCUT2D eigenvalue weighted by Gasteiger charge is -2.30. The molecule has 3 heteroatoms. The fourth-order valence-electron chi connectivity index (χ4n) is 1.17. The molecule has 82 valence electrons. The van der Waals surface area contributed by atoms with Crippen LogP contribution in [0.15, 0.2) is 0 Å². The maximum Gasteiger partial charge on any atom is 0.234 e. The number of hydrogen-bond acceptors (Lipinski definition) is 2. The Labute approximate surface area is 86.5 Å². The predicted molar refractivity (Wildman–Crippen MR) is 56.7 cm³/mol. The zero-order valence-electron chi connectivity index (χ0n) is 10.0. The van der Waals surface area contributed by atoms with Gasteiger partial charge in [-0.2, -0.15) is 0 Å². The molecule has 0 aromatic heterocycles. The average Bonchev–Trinajstić information content (AvgIpc) is 2.01. The minimum absolute atomic E-state index is 0.0609. The van der Waals surface area contributed by atoms with Gasteiger partial charge >= 0.3 is 0 Å². The fraction of sp³-hybridized carbons (Fsp3) is 0.818. The molecular formula is C11H21NO2. The van der Waals surface area contributed by atoms with E-state index in [1.165, 1.54) is 4.90 Å². The Kier molecular flexibility index (Phi) is 4.30. The second kappa shape index (κ2) is 4.58. The Morgan fingerprint density at radius 2 is 1.64 bits per heavy atom. The highest BCUT2D eigenvalue weighted by Gasteiger charge is 2.32. The first-order valence-corrected chi connectivity index (χ1v) is 5.08. The molecule has 0 fully saturated rings. The third kappa shape index (κ3) is 3.13. The van der Waals surface area contributed by atoms with E-state index in [2.05, 4.69) is 0 Å². The van der Waals surface area contributed by atoms with Gasteiger partial charge in [-0.05, 0) is 13.8 Å². The van der Waals surface area contributed by atoms with E-state index in [0.717, 1.165) is 0 Å². The third-order valence-corrected chi connectivity index (χ3v) is 1.95. The van der Waals surface area contributed by atoms with Crippen molar-refractivity contribution in [1.29, 1.82) is 0 Å². The molecule has 14 heavy (non-hydrogen) atoms. The Hall–Kier alpha value is -0.860. The summed E-state index contributed by atoms with van der Waals surface area (Å²) in [5.41, 5.74) is -0.491. The number of rotatable bonds is 2. The number of amides is 2. The Morgan fingerprint density at radius 3 is 1.86 bits per heavy atom. The van der Waals surface area contributed by atoms with Gasteiger partial charge in [0.25, 0.3) is 0 Å². The molecule has 0 bridgehead atoms. The molecule has 0 saturated heterocycles. The van der Waals surface area contributed by atoms with Crippen molar-refractivity contribution in [3.05, 3.63) is 0 Å². The molecule has 0 aromatic rings. The molecular weight excluding hydrogens is 178 g/mol. The van der Waals surface area contributed by atoms with Crippen LogP contribution in [0.25, 0.3) is 0 Å². The zero-order valence-corrected chi connectivity index (χ0v) is 10.0. The number of carbonyl (C=O) groups is 2. The van der Waals surface area contributed by atoms with Crippen LogP contribution in [-0.2, 0) is 9.59 Å². The van der Waals surface area contributed by atoms with Crippen molar-refractivity contribution in [2.75, 3.05) is 0 Å². The van der Waals surface area contributed by atoms with Gasteiger partial charge in [0.05, 0.1) is 0 Å². The molecule has 0 aliphatic rings. The van der Waals surface area contributed by atoms with Gasteiger partial charge in [0.1, 0.15) is 0 Å². The zero-order chi connectivity index (χ0) is 11.5. The van der Waals surface area contributed by atoms with Crippen LogP contribution in [0.2, 0.25) is 0 Å². The van der Waals surface area contributed by atoms with E-state index in [0.29, 0.717) is 6.42 Å². The lowest BCUT2D eigenvalue weighted by Crippen LogP contribution is -2.47. The van der Waals surface area contributed by atoms with Gasteiger partial charge in [-0.25, -0.2) is 0 Å². The molecule has 0 saturated carbocycles. The minimum Gasteiger partial charge on any atom is -0.280 e. The number of imide groups is 1. The summed E-state index contributed by atoms with van der Waals surface area (Å²) in [6.45, 7) is 11.0. The second-order valence-electron chi connectivity index (χ2n) is 4.77. The first-order chi connectivity index (χ1) is 6.21. The van der Waals surface area contributed by atoms with Crippen LogP contribution in [0.1, 0.15) is 48.0 Å². The topological polar surface area (TPSA) is 37.4 Å². The van der Waals surface area contributed by atoms with Crippen molar-refractivity contribution in [1.82, 2.24) is 4.90 Å². The molecule has 0 aromatic carbocycles. The first kappa shape index (κ1) is 13.1. The van der Waals surface area contributed by atoms with Crippen LogP contribution < -0.4 is 0 Å². The van der Waals surface area contributed by atoms with E-state index in [1.54, 1.807) is 6.92 Å². The normalized spacial score (nSPS) is 11.6. The van der Waals surface area contributed by atoms with Crippen LogP contribution in [0.4, 0.5) is 0 Å². The van der Waals surface area contributed by atoms with Gasteiger partial charge in [0.2, 0.25) is 11.8 Å². The van der Waals surface area contributed by atoms with Crippen LogP contribution in [0, 0.1) is 5.41 Å². The highest BCUT2D eigenvalue weighted by atomic mass is 16.2. The standard InChI is InChI=1S/C11H21NO2/c1-7-9(13)12(8(2)3)10(14)11(4,5)6/h8H,7H2,1-6H3. The largest absolute Gasteiger partial charge is 0.280 e. The van der Waals surface area contributed by atoms with E-state index >= 15 is 0 Å². The van der Waals surface area contributed by atoms with Crippen LogP contribution in [0.5, 0.6) is 0 Å². The molecule has 0 spiro atoms. The molecule has 0 N–H and O–H groups in total. The molecule has 3 nitrogen and oxygen atoms in total. The maximum atomic E-state index is 11.9. The summed E-state index contributed by atoms with van der Waals surface area (Å²) < 4.78 is 0. The van der Waals surface area contributed by atoms with Gasteiger partial charge in [-0.15, -0.1) is 0 Å². The van der Waals surface area contributed by atoms with E-state index in [9.17, 15) is 9.59 Å². The van der Waals surface area contributed by atoms with Crippen molar-refractivity contribution in [2.24, 2.45) is 5.41 Å². The molecule has 0 aliphatic carbocycles. The van der Waals surface area contributed by atoms with Crippen LogP contribution in [0.3, 0.4) is 0 Å². The van der Waals surface area contributed by atoms with E-state index in [4.69, 9.17) is 0 Å². The average molecular weight is 199 g/mol. The molecule has 2 amide bonds. The van der Waals surface area contributed by atoms with Gasteiger partial charge in [0, 0.05) is 17.9 Å². The summed E-state index contributed by atoms with van der Waals surface area (Å²) in [5, 5.41) is 0.